The van der Waals surface area contributed by atoms with Gasteiger partial charge in [-0.3, -0.25) is 4.79 Å². The normalized spacial score (nSPS) is 28.2. The van der Waals surface area contributed by atoms with E-state index in [1.54, 1.807) is 18.1 Å². The van der Waals surface area contributed by atoms with Gasteiger partial charge in [0.15, 0.2) is 0 Å². The number of aliphatic carboxylic acids is 1. The second-order valence-electron chi connectivity index (χ2n) is 6.23. The first-order valence-electron chi connectivity index (χ1n) is 7.35. The van der Waals surface area contributed by atoms with Gasteiger partial charge in [-0.2, -0.15) is 0 Å². The molecule has 6 nitrogen and oxygen atoms in total. The van der Waals surface area contributed by atoms with Crippen LogP contribution < -0.4 is 5.32 Å². The fourth-order valence-corrected chi connectivity index (χ4v) is 3.19. The summed E-state index contributed by atoms with van der Waals surface area (Å²) in [4.78, 5) is 25.2. The molecule has 2 N–H and O–H groups in total. The van der Waals surface area contributed by atoms with E-state index in [1.807, 2.05) is 6.07 Å². The van der Waals surface area contributed by atoms with Gasteiger partial charge in [0.25, 0.3) is 0 Å². The fraction of sp³-hybridized carbons (Fsp3) is 0.600. The first-order chi connectivity index (χ1) is 9.99. The van der Waals surface area contributed by atoms with E-state index in [4.69, 9.17) is 4.42 Å². The van der Waals surface area contributed by atoms with Gasteiger partial charge in [-0.15, -0.1) is 0 Å². The molecular formula is C15H20N2O4. The van der Waals surface area contributed by atoms with Gasteiger partial charge in [0.1, 0.15) is 5.76 Å². The van der Waals surface area contributed by atoms with E-state index >= 15 is 0 Å². The number of nitrogens with one attached hydrogen (secondary N) is 1. The molecule has 0 spiro atoms. The monoisotopic (exact) mass is 292 g/mol. The minimum Gasteiger partial charge on any atom is -0.481 e. The van der Waals surface area contributed by atoms with Crippen molar-refractivity contribution in [1.82, 2.24) is 10.2 Å². The van der Waals surface area contributed by atoms with Crippen LogP contribution in [-0.2, 0) is 11.2 Å². The average molecular weight is 292 g/mol. The van der Waals surface area contributed by atoms with Gasteiger partial charge in [-0.25, -0.2) is 4.79 Å². The third-order valence-electron chi connectivity index (χ3n) is 4.63. The number of hydrogen-bond donors (Lipinski definition) is 2. The maximum atomic E-state index is 12.3. The number of fused-ring (bicyclic) bond motifs is 1. The molecule has 114 valence electrons. The van der Waals surface area contributed by atoms with Crippen molar-refractivity contribution >= 4 is 12.0 Å². The highest BCUT2D eigenvalue weighted by atomic mass is 16.4. The molecule has 0 bridgehead atoms. The van der Waals surface area contributed by atoms with Crippen molar-refractivity contribution in [3.8, 4) is 0 Å². The smallest absolute Gasteiger partial charge is 0.317 e. The first kappa shape index (κ1) is 14.0. The Morgan fingerprint density at radius 3 is 3.05 bits per heavy atom. The lowest BCUT2D eigenvalue weighted by molar-refractivity contribution is -0.147. The van der Waals surface area contributed by atoms with Crippen LogP contribution in [0.3, 0.4) is 0 Å². The Bertz CT molecular complexity index is 568. The molecule has 0 radical (unpaired) electrons. The molecule has 1 aromatic heterocycles. The number of carbonyl (C=O) groups is 2. The van der Waals surface area contributed by atoms with Gasteiger partial charge >= 0.3 is 12.0 Å². The number of furan rings is 1. The highest BCUT2D eigenvalue weighted by molar-refractivity contribution is 5.79. The van der Waals surface area contributed by atoms with Crippen LogP contribution in [0.5, 0.6) is 0 Å². The predicted molar refractivity (Wildman–Crippen MR) is 74.9 cm³/mol. The molecule has 2 aliphatic rings. The maximum Gasteiger partial charge on any atom is 0.317 e. The molecule has 2 atom stereocenters. The Balaban J connectivity index is 1.65. The third-order valence-corrected chi connectivity index (χ3v) is 4.63. The SMILES string of the molecule is CC1(C(=O)O)CCN(C(=O)NC2CCCc3occc32)C1. The molecule has 3 rings (SSSR count). The lowest BCUT2D eigenvalue weighted by atomic mass is 9.90. The molecule has 1 aliphatic carbocycles. The zero-order valence-electron chi connectivity index (χ0n) is 12.1. The Hall–Kier alpha value is -1.98. The van der Waals surface area contributed by atoms with E-state index < -0.39 is 11.4 Å². The van der Waals surface area contributed by atoms with Crippen molar-refractivity contribution in [3.05, 3.63) is 23.7 Å². The van der Waals surface area contributed by atoms with Crippen molar-refractivity contribution in [2.45, 2.75) is 38.6 Å². The largest absolute Gasteiger partial charge is 0.481 e. The molecule has 2 amide bonds. The molecule has 0 aromatic carbocycles. The number of hydrogen-bond acceptors (Lipinski definition) is 3. The number of urea groups is 1. The van der Waals surface area contributed by atoms with Gasteiger partial charge in [0.05, 0.1) is 17.7 Å². The standard InChI is InChI=1S/C15H20N2O4/c1-15(13(18)19)6-7-17(9-15)14(20)16-11-3-2-4-12-10(11)5-8-21-12/h5,8,11H,2-4,6-7,9H2,1H3,(H,16,20)(H,18,19). The number of aryl methyl sites for hydroxylation is 1. The summed E-state index contributed by atoms with van der Waals surface area (Å²) in [6, 6.07) is 1.70. The molecule has 1 aliphatic heterocycles. The van der Waals surface area contributed by atoms with E-state index in [9.17, 15) is 14.7 Å². The van der Waals surface area contributed by atoms with Crippen LogP contribution in [-0.4, -0.2) is 35.1 Å². The topological polar surface area (TPSA) is 82.8 Å². The van der Waals surface area contributed by atoms with E-state index in [0.29, 0.717) is 13.0 Å². The Kier molecular flexibility index (Phi) is 3.39. The van der Waals surface area contributed by atoms with Crippen LogP contribution in [0.2, 0.25) is 0 Å². The molecule has 1 saturated heterocycles. The maximum absolute atomic E-state index is 12.3. The van der Waals surface area contributed by atoms with Crippen molar-refractivity contribution in [3.63, 3.8) is 0 Å². The average Bonchev–Trinajstić information content (AvgIpc) is 3.06. The van der Waals surface area contributed by atoms with Crippen LogP contribution in [0.15, 0.2) is 16.7 Å². The minimum atomic E-state index is -0.840. The number of carboxylic acids is 1. The van der Waals surface area contributed by atoms with Crippen LogP contribution in [0.4, 0.5) is 4.79 Å². The van der Waals surface area contributed by atoms with Gasteiger partial charge in [0.2, 0.25) is 0 Å². The second-order valence-corrected chi connectivity index (χ2v) is 6.23. The van der Waals surface area contributed by atoms with Crippen LogP contribution in [0, 0.1) is 5.41 Å². The number of carbonyl (C=O) groups excluding carboxylic acids is 1. The molecule has 2 unspecified atom stereocenters. The summed E-state index contributed by atoms with van der Waals surface area (Å²) in [6.07, 6.45) is 4.94. The Labute approximate surface area is 123 Å². The Morgan fingerprint density at radius 2 is 2.33 bits per heavy atom. The summed E-state index contributed by atoms with van der Waals surface area (Å²) in [6.45, 7) is 2.44. The second kappa shape index (κ2) is 5.09. The molecule has 0 saturated carbocycles. The van der Waals surface area contributed by atoms with Crippen molar-refractivity contribution in [2.24, 2.45) is 5.41 Å². The molecule has 21 heavy (non-hydrogen) atoms. The van der Waals surface area contributed by atoms with Gasteiger partial charge in [0, 0.05) is 25.1 Å². The lowest BCUT2D eigenvalue weighted by Crippen LogP contribution is -2.42. The van der Waals surface area contributed by atoms with Crippen molar-refractivity contribution < 1.29 is 19.1 Å². The van der Waals surface area contributed by atoms with Gasteiger partial charge in [-0.05, 0) is 32.3 Å². The van der Waals surface area contributed by atoms with E-state index in [-0.39, 0.29) is 18.6 Å². The van der Waals surface area contributed by atoms with E-state index in [1.165, 1.54) is 0 Å². The molecule has 1 aromatic rings. The zero-order valence-corrected chi connectivity index (χ0v) is 12.1. The Morgan fingerprint density at radius 1 is 1.52 bits per heavy atom. The lowest BCUT2D eigenvalue weighted by Gasteiger charge is -2.26. The van der Waals surface area contributed by atoms with Crippen molar-refractivity contribution in [2.75, 3.05) is 13.1 Å². The van der Waals surface area contributed by atoms with Crippen LogP contribution in [0.25, 0.3) is 0 Å². The minimum absolute atomic E-state index is 0.0308. The molecular weight excluding hydrogens is 272 g/mol. The molecule has 6 heteroatoms. The van der Waals surface area contributed by atoms with E-state index in [0.717, 1.165) is 30.6 Å². The number of rotatable bonds is 2. The summed E-state index contributed by atoms with van der Waals surface area (Å²) in [5, 5.41) is 12.2. The third kappa shape index (κ3) is 2.50. The molecule has 1 fully saturated rings. The van der Waals surface area contributed by atoms with Crippen LogP contribution >= 0.6 is 0 Å². The predicted octanol–water partition coefficient (Wildman–Crippen LogP) is 2.16. The summed E-state index contributed by atoms with van der Waals surface area (Å²) >= 11 is 0. The quantitative estimate of drug-likeness (QED) is 0.875. The van der Waals surface area contributed by atoms with Gasteiger partial charge < -0.3 is 19.7 Å². The highest BCUT2D eigenvalue weighted by Gasteiger charge is 2.42. The first-order valence-corrected chi connectivity index (χ1v) is 7.35. The fourth-order valence-electron chi connectivity index (χ4n) is 3.19. The summed E-state index contributed by atoms with van der Waals surface area (Å²) in [7, 11) is 0. The number of carboxylic acid groups (broad SMARTS) is 1. The molecule has 2 heterocycles. The van der Waals surface area contributed by atoms with Gasteiger partial charge in [-0.1, -0.05) is 0 Å². The van der Waals surface area contributed by atoms with Crippen LogP contribution in [0.1, 0.15) is 43.6 Å². The van der Waals surface area contributed by atoms with Crippen molar-refractivity contribution in [1.29, 1.82) is 0 Å². The number of likely N-dealkylation sites (tertiary alicyclic amines) is 1. The number of amides is 2. The highest BCUT2D eigenvalue weighted by Crippen LogP contribution is 2.33. The summed E-state index contributed by atoms with van der Waals surface area (Å²) in [5.41, 5.74) is 0.222. The number of nitrogens with zero attached hydrogens (tertiary/aromatic N) is 1. The summed E-state index contributed by atoms with van der Waals surface area (Å²) < 4.78 is 5.42. The zero-order chi connectivity index (χ0) is 15.0. The summed E-state index contributed by atoms with van der Waals surface area (Å²) in [5.74, 6) is 0.107. The van der Waals surface area contributed by atoms with E-state index in [2.05, 4.69) is 5.32 Å².